The molecule has 27 heavy (non-hydrogen) atoms. The number of anilines is 1. The Kier molecular flexibility index (Phi) is 5.61. The lowest BCUT2D eigenvalue weighted by Crippen LogP contribution is -2.30. The maximum absolute atomic E-state index is 12.5. The second kappa shape index (κ2) is 7.92. The van der Waals surface area contributed by atoms with Crippen LogP contribution in [-0.2, 0) is 4.79 Å². The van der Waals surface area contributed by atoms with Crippen molar-refractivity contribution in [1.29, 1.82) is 0 Å². The third kappa shape index (κ3) is 4.55. The molecule has 3 aromatic rings. The number of rotatable bonds is 5. The number of aryl methyl sites for hydroxylation is 4. The van der Waals surface area contributed by atoms with Gasteiger partial charge in [0.25, 0.3) is 5.91 Å². The number of carbonyl (C=O) groups excluding carboxylic acids is 1. The van der Waals surface area contributed by atoms with E-state index in [9.17, 15) is 4.79 Å². The average molecular weight is 381 g/mol. The van der Waals surface area contributed by atoms with E-state index in [1.54, 1.807) is 6.92 Å². The summed E-state index contributed by atoms with van der Waals surface area (Å²) in [6.45, 7) is 9.99. The van der Waals surface area contributed by atoms with Crippen molar-refractivity contribution >= 4 is 22.4 Å². The first-order chi connectivity index (χ1) is 12.8. The Labute approximate surface area is 164 Å². The fourth-order valence-corrected chi connectivity index (χ4v) is 3.89. The number of amides is 1. The Hall–Kier alpha value is -2.66. The number of thiazole rings is 1. The first-order valence-electron chi connectivity index (χ1n) is 8.91. The van der Waals surface area contributed by atoms with Gasteiger partial charge in [0.2, 0.25) is 0 Å². The number of hydrogen-bond donors (Lipinski definition) is 1. The lowest BCUT2D eigenvalue weighted by atomic mass is 9.98. The largest absolute Gasteiger partial charge is 0.481 e. The van der Waals surface area contributed by atoms with Crippen LogP contribution in [0.5, 0.6) is 5.75 Å². The molecule has 0 saturated heterocycles. The zero-order chi connectivity index (χ0) is 19.6. The van der Waals surface area contributed by atoms with Crippen LogP contribution in [0.1, 0.15) is 29.2 Å². The van der Waals surface area contributed by atoms with Gasteiger partial charge in [-0.1, -0.05) is 29.8 Å². The van der Waals surface area contributed by atoms with Crippen LogP contribution in [0.25, 0.3) is 11.3 Å². The highest BCUT2D eigenvalue weighted by Gasteiger charge is 2.17. The summed E-state index contributed by atoms with van der Waals surface area (Å²) in [5.74, 6) is 0.470. The number of benzene rings is 2. The van der Waals surface area contributed by atoms with E-state index in [2.05, 4.69) is 43.2 Å². The summed E-state index contributed by atoms with van der Waals surface area (Å²) < 4.78 is 5.74. The van der Waals surface area contributed by atoms with E-state index in [0.29, 0.717) is 10.9 Å². The van der Waals surface area contributed by atoms with Crippen LogP contribution in [0.3, 0.4) is 0 Å². The zero-order valence-electron chi connectivity index (χ0n) is 16.3. The summed E-state index contributed by atoms with van der Waals surface area (Å²) in [4.78, 5) is 17.1. The van der Waals surface area contributed by atoms with Crippen LogP contribution in [0.2, 0.25) is 0 Å². The third-order valence-electron chi connectivity index (χ3n) is 4.34. The van der Waals surface area contributed by atoms with E-state index >= 15 is 0 Å². The smallest absolute Gasteiger partial charge is 0.266 e. The van der Waals surface area contributed by atoms with Crippen molar-refractivity contribution < 1.29 is 9.53 Å². The van der Waals surface area contributed by atoms with Gasteiger partial charge in [-0.3, -0.25) is 10.1 Å². The fraction of sp³-hybridized carbons (Fsp3) is 0.273. The molecule has 5 heteroatoms. The molecule has 0 radical (unpaired) electrons. The number of hydrogen-bond acceptors (Lipinski definition) is 4. The number of nitrogens with one attached hydrogen (secondary N) is 1. The zero-order valence-corrected chi connectivity index (χ0v) is 17.1. The number of carbonyl (C=O) groups is 1. The van der Waals surface area contributed by atoms with Gasteiger partial charge in [0.05, 0.1) is 5.69 Å². The molecule has 3 rings (SSSR count). The minimum Gasteiger partial charge on any atom is -0.481 e. The maximum atomic E-state index is 12.5. The summed E-state index contributed by atoms with van der Waals surface area (Å²) in [5.41, 5.74) is 6.71. The molecule has 0 aliphatic rings. The molecule has 4 nitrogen and oxygen atoms in total. The maximum Gasteiger partial charge on any atom is 0.266 e. The monoisotopic (exact) mass is 380 g/mol. The highest BCUT2D eigenvalue weighted by atomic mass is 32.1. The molecule has 1 amide bonds. The van der Waals surface area contributed by atoms with E-state index in [1.807, 2.05) is 36.6 Å². The van der Waals surface area contributed by atoms with Gasteiger partial charge < -0.3 is 4.74 Å². The molecule has 1 N–H and O–H groups in total. The Morgan fingerprint density at radius 3 is 2.44 bits per heavy atom. The summed E-state index contributed by atoms with van der Waals surface area (Å²) in [5, 5.41) is 5.42. The molecular weight excluding hydrogens is 356 g/mol. The van der Waals surface area contributed by atoms with Crippen LogP contribution < -0.4 is 10.1 Å². The molecule has 0 saturated carbocycles. The molecule has 0 fully saturated rings. The van der Waals surface area contributed by atoms with Crippen LogP contribution in [0.4, 0.5) is 5.13 Å². The standard InChI is InChI=1S/C22H24N2O2S/c1-13-7-6-8-18(11-13)26-17(5)21(25)24-22-23-19(12-27-22)20-15(3)9-14(2)10-16(20)4/h6-12,17H,1-5H3,(H,23,24,25)/t17-/m1/s1. The van der Waals surface area contributed by atoms with E-state index in [0.717, 1.165) is 16.8 Å². The molecule has 1 atom stereocenters. The molecule has 0 aliphatic heterocycles. The highest BCUT2D eigenvalue weighted by Crippen LogP contribution is 2.31. The number of aromatic nitrogens is 1. The van der Waals surface area contributed by atoms with E-state index in [4.69, 9.17) is 4.74 Å². The van der Waals surface area contributed by atoms with Crippen molar-refractivity contribution in [1.82, 2.24) is 4.98 Å². The van der Waals surface area contributed by atoms with Crippen LogP contribution in [0, 0.1) is 27.7 Å². The third-order valence-corrected chi connectivity index (χ3v) is 5.10. The highest BCUT2D eigenvalue weighted by molar-refractivity contribution is 7.14. The predicted octanol–water partition coefficient (Wildman–Crippen LogP) is 5.45. The summed E-state index contributed by atoms with van der Waals surface area (Å²) in [7, 11) is 0. The van der Waals surface area contributed by atoms with E-state index in [1.165, 1.54) is 28.0 Å². The van der Waals surface area contributed by atoms with Crippen molar-refractivity contribution in [2.24, 2.45) is 0 Å². The van der Waals surface area contributed by atoms with Gasteiger partial charge in [0, 0.05) is 10.9 Å². The Morgan fingerprint density at radius 1 is 1.07 bits per heavy atom. The molecule has 1 aromatic heterocycles. The van der Waals surface area contributed by atoms with Gasteiger partial charge in [0.15, 0.2) is 11.2 Å². The quantitative estimate of drug-likeness (QED) is 0.640. The fourth-order valence-electron chi connectivity index (χ4n) is 3.18. The summed E-state index contributed by atoms with van der Waals surface area (Å²) >= 11 is 1.42. The number of nitrogens with zero attached hydrogens (tertiary/aromatic N) is 1. The van der Waals surface area contributed by atoms with Crippen LogP contribution in [-0.4, -0.2) is 17.0 Å². The predicted molar refractivity (Wildman–Crippen MR) is 112 cm³/mol. The Bertz CT molecular complexity index is 955. The first kappa shape index (κ1) is 19.1. The minimum atomic E-state index is -0.609. The van der Waals surface area contributed by atoms with Crippen LogP contribution >= 0.6 is 11.3 Å². The second-order valence-electron chi connectivity index (χ2n) is 6.88. The number of ether oxygens (including phenoxy) is 1. The van der Waals surface area contributed by atoms with Gasteiger partial charge in [0.1, 0.15) is 5.75 Å². The average Bonchev–Trinajstić information content (AvgIpc) is 3.01. The second-order valence-corrected chi connectivity index (χ2v) is 7.74. The lowest BCUT2D eigenvalue weighted by molar-refractivity contribution is -0.122. The normalized spacial score (nSPS) is 11.9. The molecule has 140 valence electrons. The molecule has 1 heterocycles. The first-order valence-corrected chi connectivity index (χ1v) is 9.79. The van der Waals surface area contributed by atoms with Crippen molar-refractivity contribution in [3.8, 4) is 17.0 Å². The van der Waals surface area contributed by atoms with Crippen LogP contribution in [0.15, 0.2) is 41.8 Å². The van der Waals surface area contributed by atoms with E-state index < -0.39 is 6.10 Å². The molecule has 0 unspecified atom stereocenters. The molecule has 2 aromatic carbocycles. The Morgan fingerprint density at radius 2 is 1.78 bits per heavy atom. The van der Waals surface area contributed by atoms with Gasteiger partial charge in [-0.2, -0.15) is 0 Å². The van der Waals surface area contributed by atoms with Gasteiger partial charge in [-0.15, -0.1) is 11.3 Å². The van der Waals surface area contributed by atoms with Gasteiger partial charge in [-0.05, 0) is 63.4 Å². The van der Waals surface area contributed by atoms with E-state index in [-0.39, 0.29) is 5.91 Å². The van der Waals surface area contributed by atoms with Crippen molar-refractivity contribution in [2.75, 3.05) is 5.32 Å². The SMILES string of the molecule is Cc1cccc(O[C@H](C)C(=O)Nc2nc(-c3c(C)cc(C)cc3C)cs2)c1. The van der Waals surface area contributed by atoms with Gasteiger partial charge >= 0.3 is 0 Å². The minimum absolute atomic E-state index is 0.213. The Balaban J connectivity index is 1.71. The van der Waals surface area contributed by atoms with Crippen molar-refractivity contribution in [3.63, 3.8) is 0 Å². The molecular formula is C22H24N2O2S. The van der Waals surface area contributed by atoms with Gasteiger partial charge in [-0.25, -0.2) is 4.98 Å². The topological polar surface area (TPSA) is 51.2 Å². The summed E-state index contributed by atoms with van der Waals surface area (Å²) in [6.07, 6.45) is -0.609. The van der Waals surface area contributed by atoms with Crippen molar-refractivity contribution in [3.05, 3.63) is 64.0 Å². The molecule has 0 spiro atoms. The lowest BCUT2D eigenvalue weighted by Gasteiger charge is -2.14. The molecule has 0 aliphatic carbocycles. The van der Waals surface area contributed by atoms with Crippen molar-refractivity contribution in [2.45, 2.75) is 40.7 Å². The summed E-state index contributed by atoms with van der Waals surface area (Å²) in [6, 6.07) is 12.0. The molecule has 0 bridgehead atoms.